The fraction of sp³-hybridized carbons (Fsp3) is 0.389. The summed E-state index contributed by atoms with van der Waals surface area (Å²) < 4.78 is 5.53. The lowest BCUT2D eigenvalue weighted by atomic mass is 9.78. The average molecular weight is 431 g/mol. The van der Waals surface area contributed by atoms with Crippen molar-refractivity contribution in [3.05, 3.63) is 39.3 Å². The molecule has 0 amide bonds. The molecule has 0 aliphatic heterocycles. The van der Waals surface area contributed by atoms with Crippen LogP contribution < -0.4 is 5.32 Å². The zero-order chi connectivity index (χ0) is 20.0. The summed E-state index contributed by atoms with van der Waals surface area (Å²) in [5.41, 5.74) is -0.242. The van der Waals surface area contributed by atoms with E-state index in [-0.39, 0.29) is 19.4 Å². The van der Waals surface area contributed by atoms with Crippen molar-refractivity contribution in [1.29, 1.82) is 0 Å². The Balaban J connectivity index is 2.43. The number of carboxylic acids is 1. The number of nitrogens with one attached hydrogen (secondary N) is 1. The van der Waals surface area contributed by atoms with Crippen LogP contribution in [0.3, 0.4) is 0 Å². The standard InChI is InChI=1S/C18H20Cl2N2O4S/c1-3-18(10-9-13(23)24,16(25)26-4-2)14-15(20)27-17(22-14)21-12-8-6-5-7-11(12)19/h5-8H,3-4,9-10H2,1-2H3,(H,21,22)(H,23,24). The predicted octanol–water partition coefficient (Wildman–Crippen LogP) is 5.27. The van der Waals surface area contributed by atoms with Crippen LogP contribution in [0.1, 0.15) is 38.8 Å². The van der Waals surface area contributed by atoms with Crippen molar-refractivity contribution in [2.24, 2.45) is 0 Å². The third-order valence-corrected chi connectivity index (χ3v) is 5.69. The number of anilines is 2. The lowest BCUT2D eigenvalue weighted by Gasteiger charge is -2.28. The van der Waals surface area contributed by atoms with Gasteiger partial charge in [-0.05, 0) is 31.9 Å². The Labute approximate surface area is 171 Å². The van der Waals surface area contributed by atoms with E-state index in [4.69, 9.17) is 33.0 Å². The molecule has 2 rings (SSSR count). The average Bonchev–Trinajstić information content (AvgIpc) is 2.99. The second kappa shape index (κ2) is 9.39. The summed E-state index contributed by atoms with van der Waals surface area (Å²) in [6.45, 7) is 3.66. The van der Waals surface area contributed by atoms with Crippen molar-refractivity contribution in [2.45, 2.75) is 38.5 Å². The van der Waals surface area contributed by atoms with E-state index in [0.29, 0.717) is 32.3 Å². The fourth-order valence-electron chi connectivity index (χ4n) is 2.72. The second-order valence-electron chi connectivity index (χ2n) is 5.80. The SMILES string of the molecule is CCOC(=O)C(CC)(CCC(=O)O)c1nc(Nc2ccccc2Cl)sc1Cl. The van der Waals surface area contributed by atoms with Gasteiger partial charge < -0.3 is 15.2 Å². The van der Waals surface area contributed by atoms with Gasteiger partial charge in [0.1, 0.15) is 9.75 Å². The Bertz CT molecular complexity index is 827. The number of carbonyl (C=O) groups is 2. The molecule has 1 aromatic carbocycles. The summed E-state index contributed by atoms with van der Waals surface area (Å²) in [6.07, 6.45) is 0.161. The number of para-hydroxylation sites is 1. The van der Waals surface area contributed by atoms with Crippen molar-refractivity contribution >= 4 is 57.3 Å². The Morgan fingerprint density at radius 1 is 1.30 bits per heavy atom. The molecule has 1 unspecified atom stereocenters. The van der Waals surface area contributed by atoms with Gasteiger partial charge in [0.05, 0.1) is 23.0 Å². The highest BCUT2D eigenvalue weighted by Gasteiger charge is 2.44. The van der Waals surface area contributed by atoms with Gasteiger partial charge in [0.25, 0.3) is 0 Å². The fourth-order valence-corrected chi connectivity index (χ4v) is 4.15. The maximum Gasteiger partial charge on any atom is 0.318 e. The summed E-state index contributed by atoms with van der Waals surface area (Å²) in [5.74, 6) is -1.52. The monoisotopic (exact) mass is 430 g/mol. The number of nitrogens with zero attached hydrogens (tertiary/aromatic N) is 1. The number of hydrogen-bond donors (Lipinski definition) is 2. The van der Waals surface area contributed by atoms with E-state index < -0.39 is 17.4 Å². The van der Waals surface area contributed by atoms with Gasteiger partial charge in [0, 0.05) is 6.42 Å². The van der Waals surface area contributed by atoms with Crippen molar-refractivity contribution in [1.82, 2.24) is 4.98 Å². The third-order valence-electron chi connectivity index (χ3n) is 4.19. The first-order valence-electron chi connectivity index (χ1n) is 8.41. The van der Waals surface area contributed by atoms with Crippen LogP contribution in [0, 0.1) is 0 Å². The second-order valence-corrected chi connectivity index (χ2v) is 7.80. The highest BCUT2D eigenvalue weighted by Crippen LogP contribution is 2.43. The number of ether oxygens (including phenoxy) is 1. The molecular weight excluding hydrogens is 411 g/mol. The molecule has 0 aliphatic carbocycles. The van der Waals surface area contributed by atoms with Crippen LogP contribution in [0.2, 0.25) is 9.36 Å². The number of aliphatic carboxylic acids is 1. The number of halogens is 2. The van der Waals surface area contributed by atoms with E-state index in [1.807, 2.05) is 12.1 Å². The van der Waals surface area contributed by atoms with Crippen LogP contribution in [0.15, 0.2) is 24.3 Å². The molecule has 1 atom stereocenters. The lowest BCUT2D eigenvalue weighted by Crippen LogP contribution is -2.38. The predicted molar refractivity (Wildman–Crippen MR) is 107 cm³/mol. The topological polar surface area (TPSA) is 88.5 Å². The number of benzene rings is 1. The van der Waals surface area contributed by atoms with E-state index >= 15 is 0 Å². The quantitative estimate of drug-likeness (QED) is 0.526. The molecule has 2 aromatic rings. The lowest BCUT2D eigenvalue weighted by molar-refractivity contribution is -0.151. The Hall–Kier alpha value is -1.83. The summed E-state index contributed by atoms with van der Waals surface area (Å²) >= 11 is 13.7. The molecule has 6 nitrogen and oxygen atoms in total. The first kappa shape index (κ1) is 21.5. The number of carboxylic acid groups (broad SMARTS) is 1. The maximum absolute atomic E-state index is 12.7. The molecule has 0 fully saturated rings. The van der Waals surface area contributed by atoms with E-state index in [0.717, 1.165) is 11.3 Å². The molecule has 27 heavy (non-hydrogen) atoms. The molecule has 1 heterocycles. The third kappa shape index (κ3) is 4.91. The van der Waals surface area contributed by atoms with Crippen molar-refractivity contribution in [3.8, 4) is 0 Å². The van der Waals surface area contributed by atoms with E-state index in [1.165, 1.54) is 0 Å². The highest BCUT2D eigenvalue weighted by atomic mass is 35.5. The number of hydrogen-bond acceptors (Lipinski definition) is 6. The molecule has 0 saturated carbocycles. The van der Waals surface area contributed by atoms with Gasteiger partial charge in [-0.15, -0.1) is 0 Å². The van der Waals surface area contributed by atoms with E-state index in [9.17, 15) is 9.59 Å². The van der Waals surface area contributed by atoms with Crippen LogP contribution in [-0.2, 0) is 19.7 Å². The van der Waals surface area contributed by atoms with Gasteiger partial charge in [-0.1, -0.05) is 53.6 Å². The molecule has 2 N–H and O–H groups in total. The summed E-state index contributed by atoms with van der Waals surface area (Å²) in [5, 5.41) is 13.2. The van der Waals surface area contributed by atoms with Crippen LogP contribution >= 0.6 is 34.5 Å². The molecule has 146 valence electrons. The Morgan fingerprint density at radius 3 is 2.59 bits per heavy atom. The van der Waals surface area contributed by atoms with Gasteiger partial charge in [-0.2, -0.15) is 0 Å². The zero-order valence-corrected chi connectivity index (χ0v) is 17.2. The first-order valence-corrected chi connectivity index (χ1v) is 9.98. The number of aromatic nitrogens is 1. The van der Waals surface area contributed by atoms with Crippen LogP contribution in [0.25, 0.3) is 0 Å². The van der Waals surface area contributed by atoms with Gasteiger partial charge in [0.15, 0.2) is 5.13 Å². The van der Waals surface area contributed by atoms with Crippen LogP contribution in [0.4, 0.5) is 10.8 Å². The van der Waals surface area contributed by atoms with Gasteiger partial charge >= 0.3 is 11.9 Å². The van der Waals surface area contributed by atoms with Crippen molar-refractivity contribution in [3.63, 3.8) is 0 Å². The molecule has 0 aliphatic rings. The largest absolute Gasteiger partial charge is 0.481 e. The highest BCUT2D eigenvalue weighted by molar-refractivity contribution is 7.19. The Morgan fingerprint density at radius 2 is 2.00 bits per heavy atom. The maximum atomic E-state index is 12.7. The van der Waals surface area contributed by atoms with Crippen LogP contribution in [0.5, 0.6) is 0 Å². The molecule has 0 radical (unpaired) electrons. The number of thiazole rings is 1. The first-order chi connectivity index (χ1) is 12.8. The number of carbonyl (C=O) groups excluding carboxylic acids is 1. The molecule has 9 heteroatoms. The smallest absolute Gasteiger partial charge is 0.318 e. The molecule has 0 spiro atoms. The van der Waals surface area contributed by atoms with Crippen LogP contribution in [-0.4, -0.2) is 28.6 Å². The minimum atomic E-state index is -1.22. The zero-order valence-electron chi connectivity index (χ0n) is 14.9. The van der Waals surface area contributed by atoms with Gasteiger partial charge in [0.2, 0.25) is 0 Å². The number of rotatable bonds is 9. The van der Waals surface area contributed by atoms with E-state index in [2.05, 4.69) is 10.3 Å². The summed E-state index contributed by atoms with van der Waals surface area (Å²) in [4.78, 5) is 28.3. The number of esters is 1. The normalized spacial score (nSPS) is 13.0. The molecule has 0 bridgehead atoms. The Kier molecular flexibility index (Phi) is 7.47. The molecule has 1 aromatic heterocycles. The summed E-state index contributed by atoms with van der Waals surface area (Å²) in [6, 6.07) is 7.16. The van der Waals surface area contributed by atoms with E-state index in [1.54, 1.807) is 26.0 Å². The van der Waals surface area contributed by atoms with Crippen molar-refractivity contribution in [2.75, 3.05) is 11.9 Å². The van der Waals surface area contributed by atoms with Crippen molar-refractivity contribution < 1.29 is 19.4 Å². The van der Waals surface area contributed by atoms with Gasteiger partial charge in [-0.25, -0.2) is 4.98 Å². The minimum absolute atomic E-state index is 0.0483. The minimum Gasteiger partial charge on any atom is -0.481 e. The molecule has 0 saturated heterocycles. The molecular formula is C18H20Cl2N2O4S. The summed E-state index contributed by atoms with van der Waals surface area (Å²) in [7, 11) is 0. The van der Waals surface area contributed by atoms with Gasteiger partial charge in [-0.3, -0.25) is 9.59 Å².